The minimum Gasteiger partial charge on any atom is -0.338 e. The van der Waals surface area contributed by atoms with Gasteiger partial charge in [0.25, 0.3) is 0 Å². The van der Waals surface area contributed by atoms with E-state index in [1.807, 2.05) is 26.0 Å². The molecule has 0 saturated heterocycles. The first-order valence-electron chi connectivity index (χ1n) is 5.15. The second-order valence-corrected chi connectivity index (χ2v) is 3.41. The summed E-state index contributed by atoms with van der Waals surface area (Å²) >= 11 is 0. The Morgan fingerprint density at radius 2 is 2.27 bits per heavy atom. The summed E-state index contributed by atoms with van der Waals surface area (Å²) in [6.07, 6.45) is 2.69. The van der Waals surface area contributed by atoms with Gasteiger partial charge in [0.2, 0.25) is 0 Å². The molecule has 82 valence electrons. The van der Waals surface area contributed by atoms with Crippen molar-refractivity contribution < 1.29 is 4.79 Å². The van der Waals surface area contributed by atoms with E-state index >= 15 is 0 Å². The SMILES string of the molecule is CCCNC(=O)NCc1ccnc(C)c1. The molecule has 0 spiro atoms. The first kappa shape index (κ1) is 11.5. The molecule has 0 radical (unpaired) electrons. The quantitative estimate of drug-likeness (QED) is 0.788. The molecule has 0 bridgehead atoms. The third-order valence-electron chi connectivity index (χ3n) is 1.95. The van der Waals surface area contributed by atoms with Crippen LogP contribution in [-0.2, 0) is 6.54 Å². The summed E-state index contributed by atoms with van der Waals surface area (Å²) in [6.45, 7) is 5.20. The van der Waals surface area contributed by atoms with Gasteiger partial charge in [0, 0.05) is 25.0 Å². The fraction of sp³-hybridized carbons (Fsp3) is 0.455. The van der Waals surface area contributed by atoms with E-state index in [1.165, 1.54) is 0 Å². The number of aromatic nitrogens is 1. The van der Waals surface area contributed by atoms with Crippen molar-refractivity contribution in [3.8, 4) is 0 Å². The van der Waals surface area contributed by atoms with Crippen LogP contribution in [0.5, 0.6) is 0 Å². The largest absolute Gasteiger partial charge is 0.338 e. The third kappa shape index (κ3) is 4.44. The van der Waals surface area contributed by atoms with Gasteiger partial charge in [-0.05, 0) is 31.0 Å². The second-order valence-electron chi connectivity index (χ2n) is 3.41. The zero-order valence-electron chi connectivity index (χ0n) is 9.21. The van der Waals surface area contributed by atoms with Gasteiger partial charge in [0.05, 0.1) is 0 Å². The second kappa shape index (κ2) is 6.01. The van der Waals surface area contributed by atoms with Crippen molar-refractivity contribution in [1.82, 2.24) is 15.6 Å². The molecule has 0 aliphatic rings. The van der Waals surface area contributed by atoms with Crippen LogP contribution < -0.4 is 10.6 Å². The zero-order chi connectivity index (χ0) is 11.1. The Kier molecular flexibility index (Phi) is 4.60. The lowest BCUT2D eigenvalue weighted by Crippen LogP contribution is -2.35. The Morgan fingerprint density at radius 3 is 2.93 bits per heavy atom. The topological polar surface area (TPSA) is 54.0 Å². The Bertz CT molecular complexity index is 325. The molecule has 1 aromatic heterocycles. The number of pyridine rings is 1. The van der Waals surface area contributed by atoms with Crippen molar-refractivity contribution in [2.75, 3.05) is 6.54 Å². The van der Waals surface area contributed by atoms with Crippen molar-refractivity contribution in [3.05, 3.63) is 29.6 Å². The number of rotatable bonds is 4. The predicted octanol–water partition coefficient (Wildman–Crippen LogP) is 1.60. The van der Waals surface area contributed by atoms with Gasteiger partial charge in [-0.25, -0.2) is 4.79 Å². The normalized spacial score (nSPS) is 9.73. The highest BCUT2D eigenvalue weighted by Crippen LogP contribution is 1.99. The van der Waals surface area contributed by atoms with Crippen LogP contribution in [0.3, 0.4) is 0 Å². The summed E-state index contributed by atoms with van der Waals surface area (Å²) in [5, 5.41) is 5.53. The first-order valence-corrected chi connectivity index (χ1v) is 5.15. The van der Waals surface area contributed by atoms with Gasteiger partial charge in [-0.3, -0.25) is 4.98 Å². The number of carbonyl (C=O) groups is 1. The molecule has 1 heterocycles. The standard InChI is InChI=1S/C11H17N3O/c1-3-5-13-11(15)14-8-10-4-6-12-9(2)7-10/h4,6-7H,3,5,8H2,1-2H3,(H2,13,14,15). The molecule has 0 fully saturated rings. The maximum atomic E-state index is 11.2. The van der Waals surface area contributed by atoms with Crippen LogP contribution in [0.1, 0.15) is 24.6 Å². The lowest BCUT2D eigenvalue weighted by atomic mass is 10.2. The molecular formula is C11H17N3O. The summed E-state index contributed by atoms with van der Waals surface area (Å²) in [7, 11) is 0. The zero-order valence-corrected chi connectivity index (χ0v) is 9.21. The molecule has 1 aromatic rings. The smallest absolute Gasteiger partial charge is 0.315 e. The predicted molar refractivity (Wildman–Crippen MR) is 59.5 cm³/mol. The van der Waals surface area contributed by atoms with Gasteiger partial charge in [-0.15, -0.1) is 0 Å². The van der Waals surface area contributed by atoms with Crippen molar-refractivity contribution in [2.24, 2.45) is 0 Å². The number of hydrogen-bond acceptors (Lipinski definition) is 2. The molecule has 0 aromatic carbocycles. The Labute approximate surface area is 90.1 Å². The van der Waals surface area contributed by atoms with Crippen LogP contribution in [0.2, 0.25) is 0 Å². The van der Waals surface area contributed by atoms with Crippen LogP contribution in [0.25, 0.3) is 0 Å². The highest BCUT2D eigenvalue weighted by molar-refractivity contribution is 5.73. The molecule has 15 heavy (non-hydrogen) atoms. The van der Waals surface area contributed by atoms with E-state index < -0.39 is 0 Å². The van der Waals surface area contributed by atoms with Gasteiger partial charge in [-0.1, -0.05) is 6.92 Å². The number of urea groups is 1. The van der Waals surface area contributed by atoms with Crippen molar-refractivity contribution in [3.63, 3.8) is 0 Å². The molecule has 0 unspecified atom stereocenters. The highest BCUT2D eigenvalue weighted by Gasteiger charge is 1.98. The van der Waals surface area contributed by atoms with E-state index in [-0.39, 0.29) is 6.03 Å². The molecule has 1 rings (SSSR count). The average Bonchev–Trinajstić information content (AvgIpc) is 2.23. The Hall–Kier alpha value is -1.58. The minimum atomic E-state index is -0.119. The molecule has 2 N–H and O–H groups in total. The number of nitrogens with one attached hydrogen (secondary N) is 2. The van der Waals surface area contributed by atoms with E-state index in [0.717, 1.165) is 17.7 Å². The van der Waals surface area contributed by atoms with E-state index in [4.69, 9.17) is 0 Å². The summed E-state index contributed by atoms with van der Waals surface area (Å²) < 4.78 is 0. The lowest BCUT2D eigenvalue weighted by Gasteiger charge is -2.06. The number of nitrogens with zero attached hydrogens (tertiary/aromatic N) is 1. The van der Waals surface area contributed by atoms with E-state index in [9.17, 15) is 4.79 Å². The molecule has 4 heteroatoms. The van der Waals surface area contributed by atoms with Crippen LogP contribution in [0.15, 0.2) is 18.3 Å². The Balaban J connectivity index is 2.33. The van der Waals surface area contributed by atoms with Crippen LogP contribution in [-0.4, -0.2) is 17.6 Å². The van der Waals surface area contributed by atoms with Gasteiger partial charge >= 0.3 is 6.03 Å². The lowest BCUT2D eigenvalue weighted by molar-refractivity contribution is 0.240. The van der Waals surface area contributed by atoms with E-state index in [0.29, 0.717) is 13.1 Å². The fourth-order valence-electron chi connectivity index (χ4n) is 1.20. The summed E-state index contributed by atoms with van der Waals surface area (Å²) in [4.78, 5) is 15.3. The van der Waals surface area contributed by atoms with Crippen molar-refractivity contribution >= 4 is 6.03 Å². The minimum absolute atomic E-state index is 0.119. The Morgan fingerprint density at radius 1 is 1.47 bits per heavy atom. The van der Waals surface area contributed by atoms with E-state index in [1.54, 1.807) is 6.20 Å². The molecule has 2 amide bonds. The van der Waals surface area contributed by atoms with Crippen LogP contribution >= 0.6 is 0 Å². The monoisotopic (exact) mass is 207 g/mol. The molecule has 0 aliphatic heterocycles. The summed E-state index contributed by atoms with van der Waals surface area (Å²) in [6, 6.07) is 3.74. The molecule has 4 nitrogen and oxygen atoms in total. The van der Waals surface area contributed by atoms with Gasteiger partial charge in [-0.2, -0.15) is 0 Å². The highest BCUT2D eigenvalue weighted by atomic mass is 16.2. The summed E-state index contributed by atoms with van der Waals surface area (Å²) in [5.74, 6) is 0. The maximum Gasteiger partial charge on any atom is 0.315 e. The number of carbonyl (C=O) groups excluding carboxylic acids is 1. The van der Waals surface area contributed by atoms with Gasteiger partial charge in [0.1, 0.15) is 0 Å². The van der Waals surface area contributed by atoms with Crippen LogP contribution in [0, 0.1) is 6.92 Å². The molecule has 0 saturated carbocycles. The molecular weight excluding hydrogens is 190 g/mol. The van der Waals surface area contributed by atoms with Gasteiger partial charge in [0.15, 0.2) is 0 Å². The van der Waals surface area contributed by atoms with Crippen molar-refractivity contribution in [1.29, 1.82) is 0 Å². The number of hydrogen-bond donors (Lipinski definition) is 2. The van der Waals surface area contributed by atoms with Crippen LogP contribution in [0.4, 0.5) is 4.79 Å². The number of amides is 2. The van der Waals surface area contributed by atoms with E-state index in [2.05, 4.69) is 15.6 Å². The maximum absolute atomic E-state index is 11.2. The molecule has 0 atom stereocenters. The first-order chi connectivity index (χ1) is 7.22. The average molecular weight is 207 g/mol. The molecule has 0 aliphatic carbocycles. The van der Waals surface area contributed by atoms with Crippen molar-refractivity contribution in [2.45, 2.75) is 26.8 Å². The fourth-order valence-corrected chi connectivity index (χ4v) is 1.20. The van der Waals surface area contributed by atoms with Gasteiger partial charge < -0.3 is 10.6 Å². The summed E-state index contributed by atoms with van der Waals surface area (Å²) in [5.41, 5.74) is 2.03. The third-order valence-corrected chi connectivity index (χ3v) is 1.95. The number of aryl methyl sites for hydroxylation is 1.